The number of hydrogen-bond acceptors (Lipinski definition) is 5. The summed E-state index contributed by atoms with van der Waals surface area (Å²) in [7, 11) is 1.49. The van der Waals surface area contributed by atoms with Gasteiger partial charge < -0.3 is 9.84 Å². The minimum Gasteiger partial charge on any atom is -0.480 e. The highest BCUT2D eigenvalue weighted by molar-refractivity contribution is 5.63. The predicted molar refractivity (Wildman–Crippen MR) is 76.7 cm³/mol. The van der Waals surface area contributed by atoms with Gasteiger partial charge in [-0.2, -0.15) is 5.10 Å². The lowest BCUT2D eigenvalue weighted by atomic mass is 10.0. The monoisotopic (exact) mass is 282 g/mol. The first kappa shape index (κ1) is 13.3. The van der Waals surface area contributed by atoms with E-state index in [9.17, 15) is 5.11 Å². The molecule has 0 saturated heterocycles. The molecular formula is C15H14N4O2. The number of aliphatic hydroxyl groups excluding tert-OH is 1. The lowest BCUT2D eigenvalue weighted by Gasteiger charge is -2.13. The molecule has 2 heterocycles. The highest BCUT2D eigenvalue weighted by atomic mass is 16.5. The maximum atomic E-state index is 10.6. The maximum absolute atomic E-state index is 10.6. The van der Waals surface area contributed by atoms with E-state index in [1.54, 1.807) is 6.20 Å². The molecule has 1 atom stereocenters. The molecule has 0 aliphatic rings. The second-order valence-electron chi connectivity index (χ2n) is 4.42. The Bertz CT molecular complexity index is 727. The third-order valence-corrected chi connectivity index (χ3v) is 3.17. The molecule has 0 bridgehead atoms. The second kappa shape index (κ2) is 5.72. The van der Waals surface area contributed by atoms with Gasteiger partial charge in [0.15, 0.2) is 0 Å². The number of nitrogens with one attached hydrogen (secondary N) is 1. The van der Waals surface area contributed by atoms with E-state index >= 15 is 0 Å². The van der Waals surface area contributed by atoms with E-state index in [4.69, 9.17) is 4.74 Å². The molecule has 0 aliphatic heterocycles. The third-order valence-electron chi connectivity index (χ3n) is 3.17. The molecule has 1 aromatic carbocycles. The van der Waals surface area contributed by atoms with Gasteiger partial charge in [-0.3, -0.25) is 10.1 Å². The Morgan fingerprint density at radius 3 is 2.67 bits per heavy atom. The van der Waals surface area contributed by atoms with Crippen molar-refractivity contribution >= 4 is 0 Å². The van der Waals surface area contributed by atoms with Crippen LogP contribution >= 0.6 is 0 Å². The lowest BCUT2D eigenvalue weighted by molar-refractivity contribution is 0.208. The zero-order valence-corrected chi connectivity index (χ0v) is 11.4. The molecule has 0 spiro atoms. The molecule has 0 radical (unpaired) electrons. The van der Waals surface area contributed by atoms with Gasteiger partial charge in [-0.15, -0.1) is 0 Å². The fraction of sp³-hybridized carbons (Fsp3) is 0.133. The van der Waals surface area contributed by atoms with E-state index in [0.717, 1.165) is 11.3 Å². The molecule has 0 amide bonds. The first-order valence-corrected chi connectivity index (χ1v) is 6.43. The van der Waals surface area contributed by atoms with Gasteiger partial charge in [0.05, 0.1) is 19.0 Å². The summed E-state index contributed by atoms with van der Waals surface area (Å²) in [6.45, 7) is 0. The highest BCUT2D eigenvalue weighted by Gasteiger charge is 2.22. The Labute approximate surface area is 121 Å². The van der Waals surface area contributed by atoms with Crippen LogP contribution in [-0.4, -0.2) is 32.4 Å². The van der Waals surface area contributed by atoms with Gasteiger partial charge in [-0.25, -0.2) is 4.98 Å². The number of ether oxygens (including phenoxy) is 1. The van der Waals surface area contributed by atoms with Crippen molar-refractivity contribution in [2.75, 3.05) is 7.11 Å². The SMILES string of the molecule is COc1nccnc1C(O)c1cn[nH]c1-c1ccccc1. The van der Waals surface area contributed by atoms with E-state index in [1.165, 1.54) is 19.5 Å². The second-order valence-corrected chi connectivity index (χ2v) is 4.42. The summed E-state index contributed by atoms with van der Waals surface area (Å²) in [6.07, 6.45) is 3.65. The number of aliphatic hydroxyl groups is 1. The predicted octanol–water partition coefficient (Wildman–Crippen LogP) is 1.96. The molecule has 106 valence electrons. The number of aromatic amines is 1. The van der Waals surface area contributed by atoms with Crippen molar-refractivity contribution in [1.82, 2.24) is 20.2 Å². The van der Waals surface area contributed by atoms with E-state index in [0.29, 0.717) is 17.1 Å². The van der Waals surface area contributed by atoms with Crippen LogP contribution in [0.25, 0.3) is 11.3 Å². The Kier molecular flexibility index (Phi) is 3.61. The van der Waals surface area contributed by atoms with Crippen molar-refractivity contribution in [3.05, 3.63) is 60.2 Å². The number of hydrogen-bond donors (Lipinski definition) is 2. The number of H-pyrrole nitrogens is 1. The summed E-state index contributed by atoms with van der Waals surface area (Å²) in [6, 6.07) is 9.67. The average molecular weight is 282 g/mol. The van der Waals surface area contributed by atoms with Crippen LogP contribution in [0.3, 0.4) is 0 Å². The van der Waals surface area contributed by atoms with Gasteiger partial charge in [-0.05, 0) is 5.56 Å². The number of methoxy groups -OCH3 is 1. The number of aromatic nitrogens is 4. The fourth-order valence-corrected chi connectivity index (χ4v) is 2.17. The Morgan fingerprint density at radius 2 is 1.90 bits per heavy atom. The Morgan fingerprint density at radius 1 is 1.14 bits per heavy atom. The van der Waals surface area contributed by atoms with Crippen molar-refractivity contribution in [3.8, 4) is 17.1 Å². The fourth-order valence-electron chi connectivity index (χ4n) is 2.17. The van der Waals surface area contributed by atoms with Crippen LogP contribution in [-0.2, 0) is 0 Å². The van der Waals surface area contributed by atoms with E-state index in [2.05, 4.69) is 20.2 Å². The van der Waals surface area contributed by atoms with Crippen molar-refractivity contribution in [3.63, 3.8) is 0 Å². The molecule has 0 aliphatic carbocycles. The van der Waals surface area contributed by atoms with Gasteiger partial charge >= 0.3 is 0 Å². The summed E-state index contributed by atoms with van der Waals surface area (Å²) in [5.41, 5.74) is 2.67. The Balaban J connectivity index is 2.04. The minimum absolute atomic E-state index is 0.296. The first-order valence-electron chi connectivity index (χ1n) is 6.43. The normalized spacial score (nSPS) is 12.1. The number of rotatable bonds is 4. The summed E-state index contributed by atoms with van der Waals surface area (Å²) < 4.78 is 5.15. The molecule has 0 fully saturated rings. The van der Waals surface area contributed by atoms with Crippen LogP contribution in [0.1, 0.15) is 17.4 Å². The Hall–Kier alpha value is -2.73. The smallest absolute Gasteiger partial charge is 0.238 e. The first-order chi connectivity index (χ1) is 10.3. The van der Waals surface area contributed by atoms with Gasteiger partial charge in [0.1, 0.15) is 11.8 Å². The summed E-state index contributed by atoms with van der Waals surface area (Å²) in [4.78, 5) is 8.22. The molecule has 6 nitrogen and oxygen atoms in total. The van der Waals surface area contributed by atoms with Crippen LogP contribution in [0.2, 0.25) is 0 Å². The molecule has 6 heteroatoms. The van der Waals surface area contributed by atoms with Crippen molar-refractivity contribution in [1.29, 1.82) is 0 Å². The highest BCUT2D eigenvalue weighted by Crippen LogP contribution is 2.31. The van der Waals surface area contributed by atoms with Crippen LogP contribution in [0.15, 0.2) is 48.9 Å². The zero-order valence-electron chi connectivity index (χ0n) is 11.4. The zero-order chi connectivity index (χ0) is 14.7. The van der Waals surface area contributed by atoms with Crippen LogP contribution in [0.4, 0.5) is 0 Å². The largest absolute Gasteiger partial charge is 0.480 e. The van der Waals surface area contributed by atoms with E-state index in [-0.39, 0.29) is 0 Å². The quantitative estimate of drug-likeness (QED) is 0.764. The third kappa shape index (κ3) is 2.48. The van der Waals surface area contributed by atoms with Gasteiger partial charge in [0.25, 0.3) is 0 Å². The minimum atomic E-state index is -0.970. The maximum Gasteiger partial charge on any atom is 0.238 e. The molecule has 2 N–H and O–H groups in total. The average Bonchev–Trinajstić information content (AvgIpc) is 3.04. The molecule has 3 aromatic rings. The summed E-state index contributed by atoms with van der Waals surface area (Å²) in [5.74, 6) is 0.296. The summed E-state index contributed by atoms with van der Waals surface area (Å²) >= 11 is 0. The topological polar surface area (TPSA) is 83.9 Å². The van der Waals surface area contributed by atoms with E-state index < -0.39 is 6.10 Å². The van der Waals surface area contributed by atoms with Crippen molar-refractivity contribution < 1.29 is 9.84 Å². The molecule has 3 rings (SSSR count). The van der Waals surface area contributed by atoms with E-state index in [1.807, 2.05) is 30.3 Å². The standard InChI is InChI=1S/C15H14N4O2/c1-21-15-13(16-7-8-17-15)14(20)11-9-18-19-12(11)10-5-3-2-4-6-10/h2-9,14,20H,1H3,(H,18,19). The molecular weight excluding hydrogens is 268 g/mol. The lowest BCUT2D eigenvalue weighted by Crippen LogP contribution is -2.06. The van der Waals surface area contributed by atoms with Gasteiger partial charge in [0.2, 0.25) is 5.88 Å². The van der Waals surface area contributed by atoms with Crippen LogP contribution in [0, 0.1) is 0 Å². The van der Waals surface area contributed by atoms with Crippen LogP contribution in [0.5, 0.6) is 5.88 Å². The van der Waals surface area contributed by atoms with Gasteiger partial charge in [-0.1, -0.05) is 30.3 Å². The van der Waals surface area contributed by atoms with Crippen molar-refractivity contribution in [2.24, 2.45) is 0 Å². The number of benzene rings is 1. The van der Waals surface area contributed by atoms with Gasteiger partial charge in [0, 0.05) is 18.0 Å². The molecule has 1 unspecified atom stereocenters. The van der Waals surface area contributed by atoms with Crippen molar-refractivity contribution in [2.45, 2.75) is 6.10 Å². The molecule has 0 saturated carbocycles. The number of nitrogens with zero attached hydrogens (tertiary/aromatic N) is 3. The summed E-state index contributed by atoms with van der Waals surface area (Å²) in [5, 5.41) is 17.5. The van der Waals surface area contributed by atoms with Crippen LogP contribution < -0.4 is 4.74 Å². The molecule has 2 aromatic heterocycles. The molecule has 21 heavy (non-hydrogen) atoms.